The van der Waals surface area contributed by atoms with Gasteiger partial charge in [-0.1, -0.05) is 33.8 Å². The first kappa shape index (κ1) is 20.8. The number of nitrogens with one attached hydrogen (secondary N) is 1. The zero-order valence-electron chi connectivity index (χ0n) is 15.4. The lowest BCUT2D eigenvalue weighted by atomic mass is 9.91. The molecule has 0 saturated carbocycles. The molecular formula is C19H35NO2. The molecule has 1 aromatic rings. The molecule has 1 aromatic carbocycles. The number of fused-ring (bicyclic) bond motifs is 1. The molecule has 1 aliphatic carbocycles. The van der Waals surface area contributed by atoms with Gasteiger partial charge in [0.2, 0.25) is 0 Å². The molecule has 3 heteroatoms. The molecule has 0 aromatic heterocycles. The number of hydrogen-bond donors (Lipinski definition) is 1. The maximum absolute atomic E-state index is 5.41. The Morgan fingerprint density at radius 3 is 2.18 bits per heavy atom. The molecule has 0 fully saturated rings. The van der Waals surface area contributed by atoms with E-state index in [1.807, 2.05) is 19.9 Å². The van der Waals surface area contributed by atoms with Gasteiger partial charge in [0.25, 0.3) is 0 Å². The van der Waals surface area contributed by atoms with E-state index in [0.717, 1.165) is 31.0 Å². The molecule has 0 bridgehead atoms. The lowest BCUT2D eigenvalue weighted by Crippen LogP contribution is -2.12. The van der Waals surface area contributed by atoms with Crippen LogP contribution in [-0.2, 0) is 12.8 Å². The summed E-state index contributed by atoms with van der Waals surface area (Å²) >= 11 is 0. The molecule has 0 spiro atoms. The predicted molar refractivity (Wildman–Crippen MR) is 96.4 cm³/mol. The molecule has 0 aliphatic heterocycles. The Morgan fingerprint density at radius 1 is 1.00 bits per heavy atom. The van der Waals surface area contributed by atoms with Crippen molar-refractivity contribution in [3.63, 3.8) is 0 Å². The van der Waals surface area contributed by atoms with Crippen LogP contribution in [0.25, 0.3) is 0 Å². The smallest absolute Gasteiger partial charge is 0.164 e. The van der Waals surface area contributed by atoms with E-state index < -0.39 is 0 Å². The van der Waals surface area contributed by atoms with Crippen LogP contribution in [0.1, 0.15) is 58.1 Å². The zero-order valence-corrected chi connectivity index (χ0v) is 15.4. The lowest BCUT2D eigenvalue weighted by molar-refractivity contribution is 0.349. The van der Waals surface area contributed by atoms with Crippen molar-refractivity contribution in [2.75, 3.05) is 27.3 Å². The van der Waals surface area contributed by atoms with Gasteiger partial charge in [0.15, 0.2) is 11.5 Å². The summed E-state index contributed by atoms with van der Waals surface area (Å²) in [6.07, 6.45) is 6.10. The van der Waals surface area contributed by atoms with Crippen LogP contribution in [0.2, 0.25) is 0 Å². The van der Waals surface area contributed by atoms with Gasteiger partial charge in [0.1, 0.15) is 0 Å². The number of aryl methyl sites for hydroxylation is 1. The Labute approximate surface area is 137 Å². The van der Waals surface area contributed by atoms with Crippen molar-refractivity contribution >= 4 is 0 Å². The van der Waals surface area contributed by atoms with E-state index in [1.165, 1.54) is 36.8 Å². The minimum absolute atomic E-state index is 0.855. The van der Waals surface area contributed by atoms with Crippen molar-refractivity contribution in [3.8, 4) is 11.5 Å². The molecule has 0 saturated heterocycles. The average Bonchev–Trinajstić information content (AvgIpc) is 2.61. The van der Waals surface area contributed by atoms with Crippen molar-refractivity contribution in [1.29, 1.82) is 0 Å². The summed E-state index contributed by atoms with van der Waals surface area (Å²) in [5.41, 5.74) is 2.77. The van der Waals surface area contributed by atoms with Crippen molar-refractivity contribution in [3.05, 3.63) is 23.3 Å². The number of ether oxygens (including phenoxy) is 2. The van der Waals surface area contributed by atoms with Crippen LogP contribution >= 0.6 is 0 Å². The molecule has 128 valence electrons. The Balaban J connectivity index is 0.000000470. The maximum Gasteiger partial charge on any atom is 0.164 e. The summed E-state index contributed by atoms with van der Waals surface area (Å²) < 4.78 is 10.7. The minimum Gasteiger partial charge on any atom is -0.493 e. The molecule has 0 radical (unpaired) electrons. The molecule has 0 unspecified atom stereocenters. The second kappa shape index (κ2) is 13.4. The molecular weight excluding hydrogens is 274 g/mol. The van der Waals surface area contributed by atoms with E-state index >= 15 is 0 Å². The summed E-state index contributed by atoms with van der Waals surface area (Å²) in [4.78, 5) is 0. The van der Waals surface area contributed by atoms with Crippen molar-refractivity contribution in [2.24, 2.45) is 0 Å². The van der Waals surface area contributed by atoms with Crippen LogP contribution in [0, 0.1) is 0 Å². The van der Waals surface area contributed by atoms with Gasteiger partial charge in [-0.05, 0) is 56.8 Å². The van der Waals surface area contributed by atoms with Crippen molar-refractivity contribution < 1.29 is 9.47 Å². The van der Waals surface area contributed by atoms with Crippen LogP contribution in [0.4, 0.5) is 0 Å². The third-order valence-electron chi connectivity index (χ3n) is 3.55. The topological polar surface area (TPSA) is 30.5 Å². The minimum atomic E-state index is 0.855. The normalized spacial score (nSPS) is 12.1. The molecule has 1 N–H and O–H groups in total. The first-order chi connectivity index (χ1) is 10.8. The van der Waals surface area contributed by atoms with E-state index in [0.29, 0.717) is 0 Å². The van der Waals surface area contributed by atoms with E-state index in [1.54, 1.807) is 14.2 Å². The van der Waals surface area contributed by atoms with Crippen LogP contribution < -0.4 is 14.8 Å². The van der Waals surface area contributed by atoms with Crippen molar-refractivity contribution in [1.82, 2.24) is 5.32 Å². The Bertz CT molecular complexity index is 372. The zero-order chi connectivity index (χ0) is 16.8. The first-order valence-corrected chi connectivity index (χ1v) is 8.71. The van der Waals surface area contributed by atoms with Crippen LogP contribution in [0.3, 0.4) is 0 Å². The van der Waals surface area contributed by atoms with Gasteiger partial charge < -0.3 is 14.8 Å². The summed E-state index contributed by atoms with van der Waals surface area (Å²) in [5, 5.41) is 3.20. The van der Waals surface area contributed by atoms with E-state index in [4.69, 9.17) is 9.47 Å². The van der Waals surface area contributed by atoms with Gasteiger partial charge in [-0.15, -0.1) is 0 Å². The Kier molecular flexibility index (Phi) is 12.7. The first-order valence-electron chi connectivity index (χ1n) is 8.71. The fourth-order valence-corrected chi connectivity index (χ4v) is 2.51. The second-order valence-electron chi connectivity index (χ2n) is 5.00. The monoisotopic (exact) mass is 309 g/mol. The fraction of sp³-hybridized carbons (Fsp3) is 0.684. The largest absolute Gasteiger partial charge is 0.493 e. The Morgan fingerprint density at radius 2 is 1.68 bits per heavy atom. The van der Waals surface area contributed by atoms with Crippen molar-refractivity contribution in [2.45, 2.75) is 59.8 Å². The summed E-state index contributed by atoms with van der Waals surface area (Å²) in [6, 6.07) is 4.17. The third kappa shape index (κ3) is 6.69. The van der Waals surface area contributed by atoms with E-state index in [2.05, 4.69) is 25.2 Å². The highest BCUT2D eigenvalue weighted by molar-refractivity contribution is 5.51. The molecule has 0 heterocycles. The predicted octanol–water partition coefficient (Wildman–Crippen LogP) is 4.61. The standard InChI is InChI=1S/C12H16O2.C5H13N.C2H6/c1-13-11-8-7-9-5-3-4-6-10(9)12(11)14-2;1-3-5-6-4-2;1-2/h7-8H,3-6H2,1-2H3;6H,3-5H2,1-2H3;1-2H3. The fourth-order valence-electron chi connectivity index (χ4n) is 2.51. The van der Waals surface area contributed by atoms with Crippen LogP contribution in [0.5, 0.6) is 11.5 Å². The molecule has 3 nitrogen and oxygen atoms in total. The third-order valence-corrected chi connectivity index (χ3v) is 3.55. The van der Waals surface area contributed by atoms with E-state index in [-0.39, 0.29) is 0 Å². The lowest BCUT2D eigenvalue weighted by Gasteiger charge is -2.20. The average molecular weight is 309 g/mol. The summed E-state index contributed by atoms with van der Waals surface area (Å²) in [6.45, 7) is 10.6. The van der Waals surface area contributed by atoms with Gasteiger partial charge in [-0.3, -0.25) is 0 Å². The number of rotatable bonds is 5. The van der Waals surface area contributed by atoms with Gasteiger partial charge in [0, 0.05) is 5.56 Å². The maximum atomic E-state index is 5.41. The number of methoxy groups -OCH3 is 2. The second-order valence-corrected chi connectivity index (χ2v) is 5.00. The SMILES string of the molecule is CC.CCCNCC.COc1ccc2c(c1OC)CCCC2. The summed E-state index contributed by atoms with van der Waals surface area (Å²) in [5.74, 6) is 1.79. The molecule has 22 heavy (non-hydrogen) atoms. The highest BCUT2D eigenvalue weighted by atomic mass is 16.5. The van der Waals surface area contributed by atoms with Gasteiger partial charge >= 0.3 is 0 Å². The quantitative estimate of drug-likeness (QED) is 0.805. The van der Waals surface area contributed by atoms with Gasteiger partial charge in [0.05, 0.1) is 14.2 Å². The molecule has 0 atom stereocenters. The van der Waals surface area contributed by atoms with Gasteiger partial charge in [-0.25, -0.2) is 0 Å². The number of hydrogen-bond acceptors (Lipinski definition) is 3. The molecule has 1 aliphatic rings. The Hall–Kier alpha value is -1.22. The van der Waals surface area contributed by atoms with Crippen LogP contribution in [0.15, 0.2) is 12.1 Å². The van der Waals surface area contributed by atoms with E-state index in [9.17, 15) is 0 Å². The molecule has 0 amide bonds. The van der Waals surface area contributed by atoms with Crippen LogP contribution in [-0.4, -0.2) is 27.3 Å². The van der Waals surface area contributed by atoms with Gasteiger partial charge in [-0.2, -0.15) is 0 Å². The highest BCUT2D eigenvalue weighted by Gasteiger charge is 2.17. The molecule has 2 rings (SSSR count). The summed E-state index contributed by atoms with van der Waals surface area (Å²) in [7, 11) is 3.40. The number of benzene rings is 1. The highest BCUT2D eigenvalue weighted by Crippen LogP contribution is 2.37.